The number of para-hydroxylation sites is 1. The average molecular weight is 389 g/mol. The minimum absolute atomic E-state index is 0.277. The van der Waals surface area contributed by atoms with Gasteiger partial charge in [0.25, 0.3) is 0 Å². The van der Waals surface area contributed by atoms with E-state index in [9.17, 15) is 4.79 Å². The maximum atomic E-state index is 11.9. The van der Waals surface area contributed by atoms with Crippen molar-refractivity contribution in [3.8, 4) is 16.8 Å². The number of carbonyl (C=O) groups excluding carboxylic acids is 1. The first-order valence-electron chi connectivity index (χ1n) is 8.90. The Labute approximate surface area is 167 Å². The normalized spacial score (nSPS) is 12.1. The van der Waals surface area contributed by atoms with Crippen LogP contribution in [0.4, 0.5) is 0 Å². The number of fused-ring (bicyclic) bond motifs is 1. The zero-order valence-corrected chi connectivity index (χ0v) is 16.4. The molecule has 140 valence electrons. The molecule has 2 aromatic heterocycles. The summed E-state index contributed by atoms with van der Waals surface area (Å²) in [5.74, 6) is -0.277. The number of methoxy groups -OCH3 is 1. The molecule has 0 aliphatic rings. The topological polar surface area (TPSA) is 57.0 Å². The van der Waals surface area contributed by atoms with Gasteiger partial charge in [0.05, 0.1) is 12.5 Å². The molecule has 28 heavy (non-hydrogen) atoms. The summed E-state index contributed by atoms with van der Waals surface area (Å²) >= 11 is 1.38. The van der Waals surface area contributed by atoms with Gasteiger partial charge in [-0.3, -0.25) is 4.79 Å². The SMILES string of the molecule is COC(=O)C(C)Sc1ncnc2c1c(-c1ccccc1)cn2-c1ccccc1. The molecule has 2 aromatic carbocycles. The van der Waals surface area contributed by atoms with Gasteiger partial charge in [-0.2, -0.15) is 0 Å². The van der Waals surface area contributed by atoms with Gasteiger partial charge in [-0.15, -0.1) is 0 Å². The number of aromatic nitrogens is 3. The van der Waals surface area contributed by atoms with Crippen LogP contribution in [0.1, 0.15) is 6.92 Å². The zero-order chi connectivity index (χ0) is 19.5. The molecule has 0 saturated heterocycles. The van der Waals surface area contributed by atoms with E-state index in [1.165, 1.54) is 18.9 Å². The summed E-state index contributed by atoms with van der Waals surface area (Å²) < 4.78 is 6.94. The lowest BCUT2D eigenvalue weighted by Crippen LogP contribution is -2.14. The largest absolute Gasteiger partial charge is 0.468 e. The van der Waals surface area contributed by atoms with Crippen LogP contribution in [0.3, 0.4) is 0 Å². The highest BCUT2D eigenvalue weighted by molar-refractivity contribution is 8.00. The van der Waals surface area contributed by atoms with Gasteiger partial charge in [-0.05, 0) is 24.6 Å². The number of benzene rings is 2. The Kier molecular flexibility index (Phi) is 5.12. The number of nitrogens with zero attached hydrogens (tertiary/aromatic N) is 3. The monoisotopic (exact) mass is 389 g/mol. The summed E-state index contributed by atoms with van der Waals surface area (Å²) in [4.78, 5) is 21.0. The fourth-order valence-corrected chi connectivity index (χ4v) is 4.08. The molecular formula is C22H19N3O2S. The third-order valence-electron chi connectivity index (χ3n) is 4.49. The van der Waals surface area contributed by atoms with Crippen LogP contribution in [0.5, 0.6) is 0 Å². The molecule has 0 fully saturated rings. The van der Waals surface area contributed by atoms with E-state index in [2.05, 4.69) is 32.9 Å². The molecule has 2 heterocycles. The Hall–Kier alpha value is -3.12. The molecule has 0 aliphatic carbocycles. The fourth-order valence-electron chi connectivity index (χ4n) is 3.13. The van der Waals surface area contributed by atoms with Crippen LogP contribution in [-0.4, -0.2) is 32.9 Å². The lowest BCUT2D eigenvalue weighted by molar-refractivity contribution is -0.139. The highest BCUT2D eigenvalue weighted by Gasteiger charge is 2.22. The van der Waals surface area contributed by atoms with Crippen molar-refractivity contribution >= 4 is 28.8 Å². The first-order valence-corrected chi connectivity index (χ1v) is 9.78. The highest BCUT2D eigenvalue weighted by Crippen LogP contribution is 2.38. The van der Waals surface area contributed by atoms with E-state index in [1.807, 2.05) is 55.5 Å². The van der Waals surface area contributed by atoms with E-state index in [0.717, 1.165) is 32.9 Å². The van der Waals surface area contributed by atoms with Gasteiger partial charge in [0, 0.05) is 17.4 Å². The Morgan fingerprint density at radius 2 is 1.71 bits per heavy atom. The van der Waals surface area contributed by atoms with Crippen LogP contribution < -0.4 is 0 Å². The second-order valence-corrected chi connectivity index (χ2v) is 7.60. The van der Waals surface area contributed by atoms with E-state index in [4.69, 9.17) is 4.74 Å². The lowest BCUT2D eigenvalue weighted by Gasteiger charge is -2.10. The number of carbonyl (C=O) groups is 1. The predicted molar refractivity (Wildman–Crippen MR) is 112 cm³/mol. The van der Waals surface area contributed by atoms with Crippen molar-refractivity contribution in [3.05, 3.63) is 73.2 Å². The maximum Gasteiger partial charge on any atom is 0.318 e. The minimum Gasteiger partial charge on any atom is -0.468 e. The number of rotatable bonds is 5. The van der Waals surface area contributed by atoms with Crippen LogP contribution in [0.2, 0.25) is 0 Å². The Balaban J connectivity index is 1.94. The molecule has 5 nitrogen and oxygen atoms in total. The molecule has 1 atom stereocenters. The third kappa shape index (κ3) is 3.39. The maximum absolute atomic E-state index is 11.9. The van der Waals surface area contributed by atoms with Crippen molar-refractivity contribution in [1.82, 2.24) is 14.5 Å². The van der Waals surface area contributed by atoms with Crippen LogP contribution >= 0.6 is 11.8 Å². The molecule has 0 spiro atoms. The summed E-state index contributed by atoms with van der Waals surface area (Å²) in [6.07, 6.45) is 3.62. The second kappa shape index (κ2) is 7.86. The molecule has 6 heteroatoms. The smallest absolute Gasteiger partial charge is 0.318 e. The molecule has 0 aliphatic heterocycles. The van der Waals surface area contributed by atoms with Crippen molar-refractivity contribution in [2.45, 2.75) is 17.2 Å². The van der Waals surface area contributed by atoms with Crippen LogP contribution in [0.15, 0.2) is 78.2 Å². The van der Waals surface area contributed by atoms with Gasteiger partial charge in [-0.1, -0.05) is 60.3 Å². The molecule has 0 saturated carbocycles. The number of esters is 1. The fraction of sp³-hybridized carbons (Fsp3) is 0.136. The first-order chi connectivity index (χ1) is 13.7. The molecule has 1 unspecified atom stereocenters. The van der Waals surface area contributed by atoms with Crippen molar-refractivity contribution in [3.63, 3.8) is 0 Å². The lowest BCUT2D eigenvalue weighted by atomic mass is 10.1. The highest BCUT2D eigenvalue weighted by atomic mass is 32.2. The molecule has 0 radical (unpaired) electrons. The van der Waals surface area contributed by atoms with E-state index in [0.29, 0.717) is 0 Å². The van der Waals surface area contributed by atoms with Gasteiger partial charge < -0.3 is 9.30 Å². The van der Waals surface area contributed by atoms with Gasteiger partial charge in [0.15, 0.2) is 0 Å². The van der Waals surface area contributed by atoms with E-state index in [1.54, 1.807) is 6.33 Å². The molecule has 0 bridgehead atoms. The van der Waals surface area contributed by atoms with E-state index in [-0.39, 0.29) is 11.2 Å². The van der Waals surface area contributed by atoms with E-state index < -0.39 is 0 Å². The Bertz CT molecular complexity index is 1110. The summed E-state index contributed by atoms with van der Waals surface area (Å²) in [6.45, 7) is 1.82. The van der Waals surface area contributed by atoms with Crippen molar-refractivity contribution in [1.29, 1.82) is 0 Å². The summed E-state index contributed by atoms with van der Waals surface area (Å²) in [7, 11) is 1.40. The van der Waals surface area contributed by atoms with Crippen molar-refractivity contribution in [2.24, 2.45) is 0 Å². The Morgan fingerprint density at radius 1 is 1.04 bits per heavy atom. The molecular weight excluding hydrogens is 370 g/mol. The van der Waals surface area contributed by atoms with Gasteiger partial charge >= 0.3 is 5.97 Å². The number of hydrogen-bond acceptors (Lipinski definition) is 5. The quantitative estimate of drug-likeness (QED) is 0.280. The molecule has 4 rings (SSSR count). The molecule has 0 amide bonds. The first kappa shape index (κ1) is 18.3. The molecule has 4 aromatic rings. The summed E-state index contributed by atoms with van der Waals surface area (Å²) in [5.41, 5.74) is 3.93. The second-order valence-electron chi connectivity index (χ2n) is 6.28. The summed E-state index contributed by atoms with van der Waals surface area (Å²) in [5, 5.41) is 1.32. The van der Waals surface area contributed by atoms with Gasteiger partial charge in [0.1, 0.15) is 22.3 Å². The number of ether oxygens (including phenoxy) is 1. The summed E-state index contributed by atoms with van der Waals surface area (Å²) in [6, 6.07) is 20.2. The van der Waals surface area contributed by atoms with Crippen LogP contribution in [0.25, 0.3) is 27.8 Å². The van der Waals surface area contributed by atoms with Gasteiger partial charge in [0.2, 0.25) is 0 Å². The third-order valence-corrected chi connectivity index (χ3v) is 5.57. The average Bonchev–Trinajstić information content (AvgIpc) is 3.15. The molecule has 0 N–H and O–H groups in total. The minimum atomic E-state index is -0.369. The van der Waals surface area contributed by atoms with E-state index >= 15 is 0 Å². The Morgan fingerprint density at radius 3 is 2.39 bits per heavy atom. The number of thioether (sulfide) groups is 1. The number of hydrogen-bond donors (Lipinski definition) is 0. The van der Waals surface area contributed by atoms with Crippen LogP contribution in [0, 0.1) is 0 Å². The zero-order valence-electron chi connectivity index (χ0n) is 15.6. The van der Waals surface area contributed by atoms with Crippen LogP contribution in [-0.2, 0) is 9.53 Å². The predicted octanol–water partition coefficient (Wildman–Crippen LogP) is 4.74. The van der Waals surface area contributed by atoms with Crippen molar-refractivity contribution < 1.29 is 9.53 Å². The van der Waals surface area contributed by atoms with Crippen molar-refractivity contribution in [2.75, 3.05) is 7.11 Å². The standard InChI is InChI=1S/C22H19N3O2S/c1-15(22(26)27-2)28-21-19-18(16-9-5-3-6-10-16)13-25(20(19)23-14-24-21)17-11-7-4-8-12-17/h3-15H,1-2H3. The van der Waals surface area contributed by atoms with Gasteiger partial charge in [-0.25, -0.2) is 9.97 Å².